The Kier molecular flexibility index (Phi) is 6.21. The molecule has 2 amide bonds. The summed E-state index contributed by atoms with van der Waals surface area (Å²) in [6.07, 6.45) is 0. The van der Waals surface area contributed by atoms with Gasteiger partial charge in [0.15, 0.2) is 0 Å². The van der Waals surface area contributed by atoms with E-state index in [1.807, 2.05) is 0 Å². The van der Waals surface area contributed by atoms with Crippen molar-refractivity contribution < 1.29 is 18.4 Å². The molecule has 3 rings (SSSR count). The van der Waals surface area contributed by atoms with Gasteiger partial charge < -0.3 is 10.6 Å². The summed E-state index contributed by atoms with van der Waals surface area (Å²) in [4.78, 5) is 25.2. The predicted molar refractivity (Wildman–Crippen MR) is 111 cm³/mol. The fraction of sp³-hybridized carbons (Fsp3) is 0. The van der Waals surface area contributed by atoms with Crippen LogP contribution in [0, 0.1) is 11.6 Å². The Hall–Kier alpha value is -2.58. The second-order valence-corrected chi connectivity index (χ2v) is 7.53. The van der Waals surface area contributed by atoms with Gasteiger partial charge in [0, 0.05) is 8.95 Å². The standard InChI is InChI=1S/C20H12Br2F2N2O2/c21-11-5-7-17(15(23)9-11)25-19(27)13-3-1-2-4-14(13)20(28)26-18-8-6-12(22)10-16(18)24/h1-10H,(H,25,27)(H,26,28). The fourth-order valence-electron chi connectivity index (χ4n) is 2.44. The van der Waals surface area contributed by atoms with E-state index >= 15 is 0 Å². The molecule has 3 aromatic carbocycles. The van der Waals surface area contributed by atoms with Crippen molar-refractivity contribution in [3.8, 4) is 0 Å². The van der Waals surface area contributed by atoms with Crippen LogP contribution in [0.4, 0.5) is 20.2 Å². The van der Waals surface area contributed by atoms with Crippen molar-refractivity contribution in [1.29, 1.82) is 0 Å². The molecule has 0 saturated carbocycles. The van der Waals surface area contributed by atoms with Crippen LogP contribution in [-0.2, 0) is 0 Å². The lowest BCUT2D eigenvalue weighted by Gasteiger charge is -2.12. The number of rotatable bonds is 4. The molecule has 0 spiro atoms. The molecule has 0 bridgehead atoms. The lowest BCUT2D eigenvalue weighted by atomic mass is 10.1. The van der Waals surface area contributed by atoms with E-state index in [0.29, 0.717) is 8.95 Å². The van der Waals surface area contributed by atoms with Gasteiger partial charge in [-0.25, -0.2) is 8.78 Å². The molecule has 0 aromatic heterocycles. The summed E-state index contributed by atoms with van der Waals surface area (Å²) >= 11 is 6.28. The first-order valence-electron chi connectivity index (χ1n) is 7.97. The fourth-order valence-corrected chi connectivity index (χ4v) is 3.11. The Morgan fingerprint density at radius 3 is 1.43 bits per heavy atom. The molecule has 0 fully saturated rings. The van der Waals surface area contributed by atoms with Crippen molar-refractivity contribution >= 4 is 55.0 Å². The van der Waals surface area contributed by atoms with E-state index in [4.69, 9.17) is 0 Å². The normalized spacial score (nSPS) is 10.4. The van der Waals surface area contributed by atoms with E-state index in [2.05, 4.69) is 42.5 Å². The SMILES string of the molecule is O=C(Nc1ccc(Br)cc1F)c1ccccc1C(=O)Nc1ccc(Br)cc1F. The van der Waals surface area contributed by atoms with Crippen molar-refractivity contribution in [2.75, 3.05) is 10.6 Å². The van der Waals surface area contributed by atoms with Gasteiger partial charge in [-0.05, 0) is 48.5 Å². The molecule has 2 N–H and O–H groups in total. The topological polar surface area (TPSA) is 58.2 Å². The molecule has 0 unspecified atom stereocenters. The third-order valence-electron chi connectivity index (χ3n) is 3.77. The van der Waals surface area contributed by atoms with Gasteiger partial charge >= 0.3 is 0 Å². The number of amides is 2. The monoisotopic (exact) mass is 508 g/mol. The first kappa shape index (κ1) is 20.2. The number of benzene rings is 3. The van der Waals surface area contributed by atoms with Gasteiger partial charge in [0.2, 0.25) is 0 Å². The second kappa shape index (κ2) is 8.62. The van der Waals surface area contributed by atoms with Crippen molar-refractivity contribution in [3.63, 3.8) is 0 Å². The summed E-state index contributed by atoms with van der Waals surface area (Å²) in [6.45, 7) is 0. The van der Waals surface area contributed by atoms with Gasteiger partial charge in [0.1, 0.15) is 11.6 Å². The number of hydrogen-bond donors (Lipinski definition) is 2. The number of carbonyl (C=O) groups excluding carboxylic acids is 2. The maximum absolute atomic E-state index is 14.0. The number of carbonyl (C=O) groups is 2. The van der Waals surface area contributed by atoms with E-state index in [9.17, 15) is 18.4 Å². The van der Waals surface area contributed by atoms with Gasteiger partial charge in [0.25, 0.3) is 11.8 Å². The third kappa shape index (κ3) is 4.63. The number of halogens is 4. The quantitative estimate of drug-likeness (QED) is 0.453. The average molecular weight is 510 g/mol. The maximum Gasteiger partial charge on any atom is 0.256 e. The largest absolute Gasteiger partial charge is 0.319 e. The minimum Gasteiger partial charge on any atom is -0.319 e. The van der Waals surface area contributed by atoms with E-state index < -0.39 is 23.4 Å². The second-order valence-electron chi connectivity index (χ2n) is 5.70. The Bertz CT molecular complexity index is 989. The van der Waals surface area contributed by atoms with Gasteiger partial charge in [-0.15, -0.1) is 0 Å². The van der Waals surface area contributed by atoms with Gasteiger partial charge in [0.05, 0.1) is 22.5 Å². The highest BCUT2D eigenvalue weighted by atomic mass is 79.9. The number of hydrogen-bond acceptors (Lipinski definition) is 2. The summed E-state index contributed by atoms with van der Waals surface area (Å²) in [6, 6.07) is 14.4. The lowest BCUT2D eigenvalue weighted by Crippen LogP contribution is -2.21. The summed E-state index contributed by atoms with van der Waals surface area (Å²) in [7, 11) is 0. The van der Waals surface area contributed by atoms with Crippen LogP contribution < -0.4 is 10.6 Å². The zero-order valence-electron chi connectivity index (χ0n) is 14.1. The minimum atomic E-state index is -0.664. The molecule has 4 nitrogen and oxygen atoms in total. The minimum absolute atomic E-state index is 0.0256. The van der Waals surface area contributed by atoms with Crippen LogP contribution in [0.3, 0.4) is 0 Å². The van der Waals surface area contributed by atoms with Crippen LogP contribution in [0.25, 0.3) is 0 Å². The summed E-state index contributed by atoms with van der Waals surface area (Å²) < 4.78 is 29.0. The summed E-state index contributed by atoms with van der Waals surface area (Å²) in [5.74, 6) is -2.57. The van der Waals surface area contributed by atoms with Crippen molar-refractivity contribution in [3.05, 3.63) is 92.4 Å². The molecular formula is C20H12Br2F2N2O2. The van der Waals surface area contributed by atoms with Crippen LogP contribution in [0.15, 0.2) is 69.6 Å². The lowest BCUT2D eigenvalue weighted by molar-refractivity contribution is 0.0990. The van der Waals surface area contributed by atoms with Gasteiger partial charge in [-0.2, -0.15) is 0 Å². The molecule has 142 valence electrons. The first-order chi connectivity index (χ1) is 13.3. The Morgan fingerprint density at radius 1 is 0.679 bits per heavy atom. The zero-order valence-corrected chi connectivity index (χ0v) is 17.3. The van der Waals surface area contributed by atoms with Gasteiger partial charge in [-0.1, -0.05) is 44.0 Å². The van der Waals surface area contributed by atoms with E-state index in [-0.39, 0.29) is 22.5 Å². The smallest absolute Gasteiger partial charge is 0.256 e. The Labute approximate surface area is 176 Å². The van der Waals surface area contributed by atoms with Crippen LogP contribution in [0.5, 0.6) is 0 Å². The van der Waals surface area contributed by atoms with Crippen LogP contribution >= 0.6 is 31.9 Å². The first-order valence-corrected chi connectivity index (χ1v) is 9.55. The van der Waals surface area contributed by atoms with E-state index in [0.717, 1.165) is 0 Å². The highest BCUT2D eigenvalue weighted by Gasteiger charge is 2.19. The molecule has 0 saturated heterocycles. The summed E-state index contributed by atoms with van der Waals surface area (Å²) in [5.41, 5.74) is 0.00408. The third-order valence-corrected chi connectivity index (χ3v) is 4.76. The van der Waals surface area contributed by atoms with Crippen molar-refractivity contribution in [2.24, 2.45) is 0 Å². The van der Waals surface area contributed by atoms with Crippen LogP contribution in [-0.4, -0.2) is 11.8 Å². The molecule has 0 heterocycles. The summed E-state index contributed by atoms with van der Waals surface area (Å²) in [5, 5.41) is 4.87. The molecule has 0 aliphatic carbocycles. The highest BCUT2D eigenvalue weighted by Crippen LogP contribution is 2.23. The number of anilines is 2. The molecule has 3 aromatic rings. The molecule has 0 aliphatic heterocycles. The zero-order chi connectivity index (χ0) is 20.3. The highest BCUT2D eigenvalue weighted by molar-refractivity contribution is 9.10. The van der Waals surface area contributed by atoms with Crippen molar-refractivity contribution in [2.45, 2.75) is 0 Å². The maximum atomic E-state index is 14.0. The molecule has 0 atom stereocenters. The van der Waals surface area contributed by atoms with Crippen LogP contribution in [0.2, 0.25) is 0 Å². The number of nitrogens with one attached hydrogen (secondary N) is 2. The molecule has 0 aliphatic rings. The van der Waals surface area contributed by atoms with Crippen molar-refractivity contribution in [1.82, 2.24) is 0 Å². The Morgan fingerprint density at radius 2 is 1.07 bits per heavy atom. The van der Waals surface area contributed by atoms with Crippen LogP contribution in [0.1, 0.15) is 20.7 Å². The average Bonchev–Trinajstić information content (AvgIpc) is 2.66. The van der Waals surface area contributed by atoms with E-state index in [1.165, 1.54) is 36.4 Å². The molecule has 0 radical (unpaired) electrons. The van der Waals surface area contributed by atoms with Gasteiger partial charge in [-0.3, -0.25) is 9.59 Å². The Balaban J connectivity index is 1.85. The molecule has 28 heavy (non-hydrogen) atoms. The van der Waals surface area contributed by atoms with E-state index in [1.54, 1.807) is 24.3 Å². The molecular weight excluding hydrogens is 498 g/mol. The predicted octanol–water partition coefficient (Wildman–Crippen LogP) is 5.99. The molecule has 8 heteroatoms.